The molecule has 1 aliphatic rings. The summed E-state index contributed by atoms with van der Waals surface area (Å²) in [5.41, 5.74) is 0. The van der Waals surface area contributed by atoms with Crippen molar-refractivity contribution in [3.05, 3.63) is 24.3 Å². The molecule has 2 rings (SSSR count). The first-order valence-corrected chi connectivity index (χ1v) is 7.47. The van der Waals surface area contributed by atoms with E-state index in [0.717, 1.165) is 10.6 Å². The van der Waals surface area contributed by atoms with Gasteiger partial charge in [0.25, 0.3) is 0 Å². The van der Waals surface area contributed by atoms with E-state index < -0.39 is 18.1 Å². The highest BCUT2D eigenvalue weighted by atomic mass is 32.2. The summed E-state index contributed by atoms with van der Waals surface area (Å²) in [6, 6.07) is 6.34. The highest BCUT2D eigenvalue weighted by molar-refractivity contribution is 8.00. The van der Waals surface area contributed by atoms with E-state index in [4.69, 9.17) is 9.84 Å². The third kappa shape index (κ3) is 3.89. The molecule has 1 amide bonds. The van der Waals surface area contributed by atoms with Crippen LogP contribution >= 0.6 is 11.8 Å². The number of aliphatic carboxylic acids is 1. The molecule has 2 atom stereocenters. The molecule has 0 aliphatic carbocycles. The lowest BCUT2D eigenvalue weighted by atomic mass is 10.2. The van der Waals surface area contributed by atoms with Crippen LogP contribution in [-0.4, -0.2) is 58.5 Å². The van der Waals surface area contributed by atoms with E-state index in [2.05, 4.69) is 0 Å². The van der Waals surface area contributed by atoms with Gasteiger partial charge in [0, 0.05) is 17.9 Å². The Morgan fingerprint density at radius 1 is 1.38 bits per heavy atom. The predicted octanol–water partition coefficient (Wildman–Crippen LogP) is 0.834. The van der Waals surface area contributed by atoms with E-state index in [1.165, 1.54) is 16.7 Å². The van der Waals surface area contributed by atoms with Crippen molar-refractivity contribution >= 4 is 23.6 Å². The van der Waals surface area contributed by atoms with E-state index in [-0.39, 0.29) is 24.6 Å². The Kier molecular flexibility index (Phi) is 5.08. The molecule has 1 aromatic carbocycles. The molecule has 7 heteroatoms. The molecule has 114 valence electrons. The van der Waals surface area contributed by atoms with E-state index in [1.54, 1.807) is 19.2 Å². The van der Waals surface area contributed by atoms with Gasteiger partial charge < -0.3 is 19.8 Å². The summed E-state index contributed by atoms with van der Waals surface area (Å²) >= 11 is 1.33. The first-order valence-electron chi connectivity index (χ1n) is 6.48. The third-order valence-electron chi connectivity index (χ3n) is 3.31. The lowest BCUT2D eigenvalue weighted by molar-refractivity contribution is -0.147. The highest BCUT2D eigenvalue weighted by Crippen LogP contribution is 2.24. The summed E-state index contributed by atoms with van der Waals surface area (Å²) in [5.74, 6) is -0.476. The van der Waals surface area contributed by atoms with Crippen molar-refractivity contribution in [3.63, 3.8) is 0 Å². The Hall–Kier alpha value is -1.73. The van der Waals surface area contributed by atoms with Crippen molar-refractivity contribution in [3.8, 4) is 5.75 Å². The molecule has 1 aromatic rings. The second kappa shape index (κ2) is 6.82. The number of thioether (sulfide) groups is 1. The van der Waals surface area contributed by atoms with E-state index in [0.29, 0.717) is 0 Å². The van der Waals surface area contributed by atoms with E-state index >= 15 is 0 Å². The lowest BCUT2D eigenvalue weighted by Crippen LogP contribution is -2.41. The standard InChI is InChI=1S/C14H17NO5S/c1-20-10-2-4-11(5-3-10)21-8-13(17)15-7-9(16)6-12(15)14(18)19/h2-5,9,12,16H,6-8H2,1H3,(H,18,19)/t9-,12-/m0/s1. The van der Waals surface area contributed by atoms with Gasteiger partial charge in [-0.25, -0.2) is 4.79 Å². The smallest absolute Gasteiger partial charge is 0.326 e. The van der Waals surface area contributed by atoms with Crippen LogP contribution in [0.15, 0.2) is 29.2 Å². The molecule has 1 saturated heterocycles. The maximum absolute atomic E-state index is 12.1. The number of rotatable bonds is 5. The zero-order valence-corrected chi connectivity index (χ0v) is 12.4. The molecule has 0 radical (unpaired) electrons. The van der Waals surface area contributed by atoms with Crippen molar-refractivity contribution in [2.75, 3.05) is 19.4 Å². The quantitative estimate of drug-likeness (QED) is 0.783. The van der Waals surface area contributed by atoms with Crippen molar-refractivity contribution in [1.29, 1.82) is 0 Å². The zero-order chi connectivity index (χ0) is 15.4. The van der Waals surface area contributed by atoms with Crippen molar-refractivity contribution < 1.29 is 24.5 Å². The number of hydrogen-bond acceptors (Lipinski definition) is 5. The number of β-amino-alcohol motifs (C(OH)–C–C–N with tert-alkyl or cyclic N) is 1. The van der Waals surface area contributed by atoms with Crippen LogP contribution < -0.4 is 4.74 Å². The first-order chi connectivity index (χ1) is 10.0. The molecule has 21 heavy (non-hydrogen) atoms. The number of amides is 1. The Morgan fingerprint density at radius 3 is 2.62 bits per heavy atom. The third-order valence-corrected chi connectivity index (χ3v) is 4.30. The summed E-state index contributed by atoms with van der Waals surface area (Å²) in [6.45, 7) is 0.0823. The topological polar surface area (TPSA) is 87.1 Å². The number of likely N-dealkylation sites (tertiary alicyclic amines) is 1. The number of nitrogens with zero attached hydrogens (tertiary/aromatic N) is 1. The summed E-state index contributed by atoms with van der Waals surface area (Å²) < 4.78 is 5.05. The van der Waals surface area contributed by atoms with Crippen LogP contribution in [0.2, 0.25) is 0 Å². The molecule has 0 unspecified atom stereocenters. The maximum Gasteiger partial charge on any atom is 0.326 e. The average molecular weight is 311 g/mol. The normalized spacial score (nSPS) is 21.3. The summed E-state index contributed by atoms with van der Waals surface area (Å²) in [7, 11) is 1.58. The number of benzene rings is 1. The molecule has 1 aliphatic heterocycles. The van der Waals surface area contributed by atoms with Crippen LogP contribution in [0.5, 0.6) is 5.75 Å². The second-order valence-electron chi connectivity index (χ2n) is 4.75. The van der Waals surface area contributed by atoms with Crippen LogP contribution in [0.1, 0.15) is 6.42 Å². The molecular weight excluding hydrogens is 294 g/mol. The molecule has 1 heterocycles. The largest absolute Gasteiger partial charge is 0.497 e. The maximum atomic E-state index is 12.1. The van der Waals surface area contributed by atoms with Crippen LogP contribution in [-0.2, 0) is 9.59 Å². The molecule has 6 nitrogen and oxygen atoms in total. The molecule has 2 N–H and O–H groups in total. The number of aliphatic hydroxyl groups is 1. The summed E-state index contributed by atoms with van der Waals surface area (Å²) in [6.07, 6.45) is -0.671. The van der Waals surface area contributed by atoms with E-state index in [1.807, 2.05) is 12.1 Å². The second-order valence-corrected chi connectivity index (χ2v) is 5.80. The van der Waals surface area contributed by atoms with Gasteiger partial charge in [-0.2, -0.15) is 0 Å². The lowest BCUT2D eigenvalue weighted by Gasteiger charge is -2.20. The summed E-state index contributed by atoms with van der Waals surface area (Å²) in [5, 5.41) is 18.6. The fourth-order valence-electron chi connectivity index (χ4n) is 2.22. The molecule has 0 saturated carbocycles. The monoisotopic (exact) mass is 311 g/mol. The Morgan fingerprint density at radius 2 is 2.05 bits per heavy atom. The van der Waals surface area contributed by atoms with Crippen molar-refractivity contribution in [1.82, 2.24) is 4.90 Å². The molecule has 0 spiro atoms. The van der Waals surface area contributed by atoms with Gasteiger partial charge in [-0.3, -0.25) is 4.79 Å². The van der Waals surface area contributed by atoms with Gasteiger partial charge in [-0.05, 0) is 24.3 Å². The van der Waals surface area contributed by atoms with Gasteiger partial charge >= 0.3 is 5.97 Å². The number of methoxy groups -OCH3 is 1. The number of carboxylic acids is 1. The number of ether oxygens (including phenoxy) is 1. The van der Waals surface area contributed by atoms with Gasteiger partial charge in [-0.1, -0.05) is 0 Å². The summed E-state index contributed by atoms with van der Waals surface area (Å²) in [4.78, 5) is 25.3. The Balaban J connectivity index is 1.92. The molecule has 0 aromatic heterocycles. The number of carbonyl (C=O) groups is 2. The van der Waals surface area contributed by atoms with Crippen LogP contribution in [0.3, 0.4) is 0 Å². The van der Waals surface area contributed by atoms with E-state index in [9.17, 15) is 14.7 Å². The Bertz CT molecular complexity index is 519. The minimum absolute atomic E-state index is 0.0823. The van der Waals surface area contributed by atoms with Gasteiger partial charge in [0.1, 0.15) is 11.8 Å². The minimum Gasteiger partial charge on any atom is -0.497 e. The minimum atomic E-state index is -1.07. The van der Waals surface area contributed by atoms with Crippen LogP contribution in [0, 0.1) is 0 Å². The average Bonchev–Trinajstić information content (AvgIpc) is 2.87. The van der Waals surface area contributed by atoms with Gasteiger partial charge in [0.2, 0.25) is 5.91 Å². The number of aliphatic hydroxyl groups excluding tert-OH is 1. The van der Waals surface area contributed by atoms with Gasteiger partial charge in [0.05, 0.1) is 19.0 Å². The molecular formula is C14H17NO5S. The first kappa shape index (κ1) is 15.7. The van der Waals surface area contributed by atoms with Crippen LogP contribution in [0.25, 0.3) is 0 Å². The van der Waals surface area contributed by atoms with Gasteiger partial charge in [0.15, 0.2) is 0 Å². The highest BCUT2D eigenvalue weighted by Gasteiger charge is 2.38. The predicted molar refractivity (Wildman–Crippen MR) is 77.5 cm³/mol. The Labute approximate surface area is 126 Å². The fraction of sp³-hybridized carbons (Fsp3) is 0.429. The van der Waals surface area contributed by atoms with Crippen molar-refractivity contribution in [2.24, 2.45) is 0 Å². The molecule has 0 bridgehead atoms. The molecule has 1 fully saturated rings. The number of hydrogen-bond donors (Lipinski definition) is 2. The number of carbonyl (C=O) groups excluding carboxylic acids is 1. The number of carboxylic acid groups (broad SMARTS) is 1. The van der Waals surface area contributed by atoms with Gasteiger partial charge in [-0.15, -0.1) is 11.8 Å². The SMILES string of the molecule is COc1ccc(SCC(=O)N2C[C@@H](O)C[C@H]2C(=O)O)cc1. The van der Waals surface area contributed by atoms with Crippen LogP contribution in [0.4, 0.5) is 0 Å². The zero-order valence-electron chi connectivity index (χ0n) is 11.6. The fourth-order valence-corrected chi connectivity index (χ4v) is 3.01. The van der Waals surface area contributed by atoms with Crippen molar-refractivity contribution in [2.45, 2.75) is 23.5 Å².